The number of anilines is 1. The quantitative estimate of drug-likeness (QED) is 0.279. The second-order valence-electron chi connectivity index (χ2n) is 6.81. The van der Waals surface area contributed by atoms with E-state index in [1.807, 2.05) is 12.1 Å². The molecule has 0 aliphatic heterocycles. The first-order valence-corrected chi connectivity index (χ1v) is 10.3. The lowest BCUT2D eigenvalue weighted by atomic mass is 10.0. The van der Waals surface area contributed by atoms with Gasteiger partial charge in [-0.05, 0) is 59.2 Å². The Kier molecular flexibility index (Phi) is 7.53. The fourth-order valence-electron chi connectivity index (χ4n) is 2.96. The molecule has 0 aliphatic carbocycles. The topological polar surface area (TPSA) is 79.2 Å². The van der Waals surface area contributed by atoms with Crippen molar-refractivity contribution in [2.45, 2.75) is 6.42 Å². The van der Waals surface area contributed by atoms with Crippen LogP contribution in [0.1, 0.15) is 27.0 Å². The number of ether oxygens (including phenoxy) is 1. The molecule has 3 aromatic rings. The van der Waals surface area contributed by atoms with Crippen molar-refractivity contribution in [3.63, 3.8) is 0 Å². The first-order chi connectivity index (χ1) is 15.4. The van der Waals surface area contributed by atoms with E-state index >= 15 is 0 Å². The third-order valence-corrected chi connectivity index (χ3v) is 5.39. The van der Waals surface area contributed by atoms with Gasteiger partial charge in [-0.2, -0.15) is 5.26 Å². The van der Waals surface area contributed by atoms with Crippen molar-refractivity contribution in [1.29, 1.82) is 5.26 Å². The van der Waals surface area contributed by atoms with Crippen molar-refractivity contribution >= 4 is 39.6 Å². The Morgan fingerprint density at radius 3 is 2.44 bits per heavy atom. The monoisotopic (exact) mass is 492 g/mol. The molecule has 3 aromatic carbocycles. The minimum atomic E-state index is -0.579. The van der Waals surface area contributed by atoms with Crippen LogP contribution in [0.5, 0.6) is 0 Å². The maximum atomic E-state index is 13.9. The summed E-state index contributed by atoms with van der Waals surface area (Å²) in [4.78, 5) is 24.0. The molecule has 0 unspecified atom stereocenters. The molecular formula is C25H18BrFN2O3. The maximum Gasteiger partial charge on any atom is 0.337 e. The summed E-state index contributed by atoms with van der Waals surface area (Å²) in [6.45, 7) is 0. The van der Waals surface area contributed by atoms with Gasteiger partial charge in [-0.3, -0.25) is 4.79 Å². The van der Waals surface area contributed by atoms with Crippen LogP contribution in [-0.4, -0.2) is 19.0 Å². The Morgan fingerprint density at radius 2 is 1.81 bits per heavy atom. The molecule has 0 heterocycles. The van der Waals surface area contributed by atoms with Crippen LogP contribution in [0.25, 0.3) is 6.08 Å². The highest BCUT2D eigenvalue weighted by molar-refractivity contribution is 9.10. The van der Waals surface area contributed by atoms with E-state index in [1.165, 1.54) is 31.4 Å². The number of carbonyl (C=O) groups is 2. The Morgan fingerprint density at radius 1 is 1.09 bits per heavy atom. The van der Waals surface area contributed by atoms with Gasteiger partial charge in [0.25, 0.3) is 5.91 Å². The lowest BCUT2D eigenvalue weighted by Gasteiger charge is -2.08. The number of hydrogen-bond donors (Lipinski definition) is 1. The summed E-state index contributed by atoms with van der Waals surface area (Å²) >= 11 is 3.48. The van der Waals surface area contributed by atoms with E-state index in [1.54, 1.807) is 42.5 Å². The SMILES string of the molecule is COC(=O)c1ccc(NC(=O)/C(C#N)=C/c2ccc(Cc3ccccc3F)c(Br)c2)cc1. The van der Waals surface area contributed by atoms with E-state index < -0.39 is 11.9 Å². The van der Waals surface area contributed by atoms with E-state index in [0.29, 0.717) is 28.8 Å². The summed E-state index contributed by atoms with van der Waals surface area (Å²) in [5.74, 6) is -1.33. The van der Waals surface area contributed by atoms with Gasteiger partial charge in [0.1, 0.15) is 17.5 Å². The van der Waals surface area contributed by atoms with Crippen LogP contribution in [0.3, 0.4) is 0 Å². The van der Waals surface area contributed by atoms with Crippen LogP contribution in [0.4, 0.5) is 10.1 Å². The van der Waals surface area contributed by atoms with Crippen LogP contribution in [0.15, 0.2) is 76.8 Å². The van der Waals surface area contributed by atoms with Crippen molar-refractivity contribution in [2.75, 3.05) is 12.4 Å². The van der Waals surface area contributed by atoms with E-state index in [9.17, 15) is 19.2 Å². The Bertz CT molecular complexity index is 1230. The summed E-state index contributed by atoms with van der Waals surface area (Å²) in [5.41, 5.74) is 2.79. The van der Waals surface area contributed by atoms with Crippen molar-refractivity contribution < 1.29 is 18.7 Å². The number of nitrogens with zero attached hydrogens (tertiary/aromatic N) is 1. The number of rotatable bonds is 6. The Balaban J connectivity index is 1.74. The van der Waals surface area contributed by atoms with Crippen LogP contribution in [0, 0.1) is 17.1 Å². The van der Waals surface area contributed by atoms with E-state index in [2.05, 4.69) is 26.0 Å². The van der Waals surface area contributed by atoms with Crippen LogP contribution < -0.4 is 5.32 Å². The third-order valence-electron chi connectivity index (χ3n) is 4.66. The lowest BCUT2D eigenvalue weighted by molar-refractivity contribution is -0.112. The number of esters is 1. The van der Waals surface area contributed by atoms with Crippen molar-refractivity contribution in [3.05, 3.63) is 105 Å². The molecule has 1 N–H and O–H groups in total. The molecule has 1 amide bonds. The average molecular weight is 493 g/mol. The third kappa shape index (κ3) is 5.68. The standard InChI is InChI=1S/C25H18BrFN2O3/c1-32-25(31)17-8-10-21(11-9-17)29-24(30)20(15-28)12-16-6-7-18(22(26)13-16)14-19-4-2-3-5-23(19)27/h2-13H,14H2,1H3,(H,29,30)/b20-12+. The molecule has 0 fully saturated rings. The second-order valence-corrected chi connectivity index (χ2v) is 7.67. The fraction of sp³-hybridized carbons (Fsp3) is 0.0800. The molecule has 0 atom stereocenters. The zero-order valence-corrected chi connectivity index (χ0v) is 18.6. The predicted octanol–water partition coefficient (Wildman–Crippen LogP) is 5.51. The van der Waals surface area contributed by atoms with Gasteiger partial charge in [-0.1, -0.05) is 46.3 Å². The van der Waals surface area contributed by atoms with Crippen LogP contribution in [0.2, 0.25) is 0 Å². The van der Waals surface area contributed by atoms with E-state index in [4.69, 9.17) is 0 Å². The summed E-state index contributed by atoms with van der Waals surface area (Å²) in [7, 11) is 1.28. The molecule has 0 saturated heterocycles. The van der Waals surface area contributed by atoms with Gasteiger partial charge in [0.05, 0.1) is 12.7 Å². The molecule has 160 valence electrons. The normalized spacial score (nSPS) is 10.9. The van der Waals surface area contributed by atoms with Crippen LogP contribution in [-0.2, 0) is 16.0 Å². The van der Waals surface area contributed by atoms with Crippen LogP contribution >= 0.6 is 15.9 Å². The van der Waals surface area contributed by atoms with Gasteiger partial charge < -0.3 is 10.1 Å². The first-order valence-electron chi connectivity index (χ1n) is 9.54. The van der Waals surface area contributed by atoms with Gasteiger partial charge in [0, 0.05) is 16.6 Å². The zero-order chi connectivity index (χ0) is 23.1. The van der Waals surface area contributed by atoms with Gasteiger partial charge >= 0.3 is 5.97 Å². The predicted molar refractivity (Wildman–Crippen MR) is 123 cm³/mol. The summed E-state index contributed by atoms with van der Waals surface area (Å²) in [5, 5.41) is 12.1. The van der Waals surface area contributed by atoms with Crippen molar-refractivity contribution in [3.8, 4) is 6.07 Å². The number of halogens is 2. The molecular weight excluding hydrogens is 475 g/mol. The highest BCUT2D eigenvalue weighted by Crippen LogP contribution is 2.24. The van der Waals surface area contributed by atoms with E-state index in [-0.39, 0.29) is 11.4 Å². The average Bonchev–Trinajstić information content (AvgIpc) is 2.80. The summed E-state index contributed by atoms with van der Waals surface area (Å²) in [6, 6.07) is 20.0. The molecule has 3 rings (SSSR count). The highest BCUT2D eigenvalue weighted by Gasteiger charge is 2.12. The second kappa shape index (κ2) is 10.5. The Hall–Kier alpha value is -3.76. The first kappa shape index (κ1) is 22.9. The molecule has 0 radical (unpaired) electrons. The molecule has 5 nitrogen and oxygen atoms in total. The Labute approximate surface area is 193 Å². The number of methoxy groups -OCH3 is 1. The number of benzene rings is 3. The number of hydrogen-bond acceptors (Lipinski definition) is 4. The van der Waals surface area contributed by atoms with Gasteiger partial charge in [0.15, 0.2) is 0 Å². The summed E-state index contributed by atoms with van der Waals surface area (Å²) in [6.07, 6.45) is 1.88. The maximum absolute atomic E-state index is 13.9. The molecule has 0 spiro atoms. The molecule has 0 aromatic heterocycles. The molecule has 0 aliphatic rings. The number of nitrogens with one attached hydrogen (secondary N) is 1. The molecule has 0 bridgehead atoms. The highest BCUT2D eigenvalue weighted by atomic mass is 79.9. The number of carbonyl (C=O) groups excluding carboxylic acids is 2. The minimum Gasteiger partial charge on any atom is -0.465 e. The van der Waals surface area contributed by atoms with Gasteiger partial charge in [-0.25, -0.2) is 9.18 Å². The molecule has 0 saturated carbocycles. The van der Waals surface area contributed by atoms with Gasteiger partial charge in [-0.15, -0.1) is 0 Å². The smallest absolute Gasteiger partial charge is 0.337 e. The fourth-order valence-corrected chi connectivity index (χ4v) is 3.50. The summed E-state index contributed by atoms with van der Waals surface area (Å²) < 4.78 is 19.3. The lowest BCUT2D eigenvalue weighted by Crippen LogP contribution is -2.13. The van der Waals surface area contributed by atoms with Gasteiger partial charge in [0.2, 0.25) is 0 Å². The van der Waals surface area contributed by atoms with Crippen molar-refractivity contribution in [2.24, 2.45) is 0 Å². The zero-order valence-electron chi connectivity index (χ0n) is 17.1. The van der Waals surface area contributed by atoms with Crippen molar-refractivity contribution in [1.82, 2.24) is 0 Å². The largest absolute Gasteiger partial charge is 0.465 e. The number of nitriles is 1. The molecule has 7 heteroatoms. The van der Waals surface area contributed by atoms with E-state index in [0.717, 1.165) is 10.0 Å². The number of amides is 1. The molecule has 32 heavy (non-hydrogen) atoms. The minimum absolute atomic E-state index is 0.0872.